The molecule has 136 valence electrons. The van der Waals surface area contributed by atoms with E-state index in [9.17, 15) is 13.2 Å². The number of rotatable bonds is 3. The third-order valence-corrected chi connectivity index (χ3v) is 5.15. The van der Waals surface area contributed by atoms with E-state index in [4.69, 9.17) is 4.98 Å². The summed E-state index contributed by atoms with van der Waals surface area (Å²) in [6.07, 6.45) is -3.27. The van der Waals surface area contributed by atoms with Crippen molar-refractivity contribution in [1.29, 1.82) is 0 Å². The standard InChI is InChI=1S/C20H20F3N3/c1-25-18-5-3-2-4-17(18)24-19(25)15-10-11-26(13-15)12-14-6-8-16(9-7-14)20(21,22)23/h2-9,15H,10-13H2,1H3. The van der Waals surface area contributed by atoms with E-state index in [-0.39, 0.29) is 0 Å². The summed E-state index contributed by atoms with van der Waals surface area (Å²) in [4.78, 5) is 7.07. The first kappa shape index (κ1) is 17.1. The molecule has 1 aliphatic heterocycles. The van der Waals surface area contributed by atoms with Crippen molar-refractivity contribution in [2.24, 2.45) is 7.05 Å². The van der Waals surface area contributed by atoms with Gasteiger partial charge in [0.2, 0.25) is 0 Å². The van der Waals surface area contributed by atoms with Crippen LogP contribution in [0.5, 0.6) is 0 Å². The summed E-state index contributed by atoms with van der Waals surface area (Å²) in [5.74, 6) is 1.43. The zero-order valence-corrected chi connectivity index (χ0v) is 14.5. The lowest BCUT2D eigenvalue weighted by Gasteiger charge is -2.16. The van der Waals surface area contributed by atoms with Crippen molar-refractivity contribution in [2.75, 3.05) is 13.1 Å². The predicted molar refractivity (Wildman–Crippen MR) is 94.8 cm³/mol. The number of nitrogens with zero attached hydrogens (tertiary/aromatic N) is 3. The molecule has 0 aliphatic carbocycles. The summed E-state index contributed by atoms with van der Waals surface area (Å²) < 4.78 is 40.2. The molecule has 0 N–H and O–H groups in total. The van der Waals surface area contributed by atoms with E-state index in [1.54, 1.807) is 12.1 Å². The average Bonchev–Trinajstić information content (AvgIpc) is 3.20. The number of aromatic nitrogens is 2. The molecule has 1 aliphatic rings. The molecule has 1 atom stereocenters. The molecule has 2 aromatic carbocycles. The minimum Gasteiger partial charge on any atom is -0.331 e. The molecule has 0 amide bonds. The van der Waals surface area contributed by atoms with E-state index in [1.165, 1.54) is 0 Å². The van der Waals surface area contributed by atoms with Crippen LogP contribution >= 0.6 is 0 Å². The van der Waals surface area contributed by atoms with Gasteiger partial charge in [0.05, 0.1) is 16.6 Å². The van der Waals surface area contributed by atoms with Crippen LogP contribution in [0.1, 0.15) is 29.3 Å². The molecule has 0 bridgehead atoms. The van der Waals surface area contributed by atoms with Gasteiger partial charge in [-0.05, 0) is 42.8 Å². The first-order valence-corrected chi connectivity index (χ1v) is 8.71. The largest absolute Gasteiger partial charge is 0.416 e. The number of likely N-dealkylation sites (tertiary alicyclic amines) is 1. The summed E-state index contributed by atoms with van der Waals surface area (Å²) in [6, 6.07) is 13.6. The monoisotopic (exact) mass is 359 g/mol. The minimum absolute atomic E-state index is 0.349. The van der Waals surface area contributed by atoms with Crippen LogP contribution in [-0.2, 0) is 19.8 Å². The number of benzene rings is 2. The average molecular weight is 359 g/mol. The van der Waals surface area contributed by atoms with Crippen LogP contribution in [0.3, 0.4) is 0 Å². The molecule has 1 saturated heterocycles. The molecule has 6 heteroatoms. The Morgan fingerprint density at radius 2 is 1.81 bits per heavy atom. The van der Waals surface area contributed by atoms with Gasteiger partial charge in [-0.3, -0.25) is 4.90 Å². The zero-order chi connectivity index (χ0) is 18.3. The summed E-state index contributed by atoms with van der Waals surface area (Å²) in [6.45, 7) is 2.46. The van der Waals surface area contributed by atoms with Gasteiger partial charge in [-0.1, -0.05) is 24.3 Å². The third kappa shape index (κ3) is 3.21. The quantitative estimate of drug-likeness (QED) is 0.682. The second kappa shape index (κ2) is 6.43. The highest BCUT2D eigenvalue weighted by Crippen LogP contribution is 2.31. The van der Waals surface area contributed by atoms with Gasteiger partial charge >= 0.3 is 6.18 Å². The fraction of sp³-hybridized carbons (Fsp3) is 0.350. The fourth-order valence-corrected chi connectivity index (χ4v) is 3.77. The van der Waals surface area contributed by atoms with Crippen LogP contribution in [0.2, 0.25) is 0 Å². The smallest absolute Gasteiger partial charge is 0.331 e. The molecule has 0 radical (unpaired) electrons. The van der Waals surface area contributed by atoms with Crippen LogP contribution in [-0.4, -0.2) is 27.5 Å². The third-order valence-electron chi connectivity index (χ3n) is 5.15. The van der Waals surface area contributed by atoms with E-state index in [1.807, 2.05) is 25.2 Å². The van der Waals surface area contributed by atoms with Gasteiger partial charge in [0.25, 0.3) is 0 Å². The first-order chi connectivity index (χ1) is 12.4. The lowest BCUT2D eigenvalue weighted by atomic mass is 10.1. The molecule has 2 heterocycles. The lowest BCUT2D eigenvalue weighted by molar-refractivity contribution is -0.137. The second-order valence-corrected chi connectivity index (χ2v) is 6.93. The van der Waals surface area contributed by atoms with E-state index in [0.29, 0.717) is 12.5 Å². The number of imidazole rings is 1. The number of aryl methyl sites for hydroxylation is 1. The number of alkyl halides is 3. The topological polar surface area (TPSA) is 21.1 Å². The van der Waals surface area contributed by atoms with Gasteiger partial charge in [0, 0.05) is 26.1 Å². The lowest BCUT2D eigenvalue weighted by Crippen LogP contribution is -2.20. The van der Waals surface area contributed by atoms with Gasteiger partial charge < -0.3 is 4.57 Å². The van der Waals surface area contributed by atoms with Gasteiger partial charge in [-0.2, -0.15) is 13.2 Å². The summed E-state index contributed by atoms with van der Waals surface area (Å²) in [5, 5.41) is 0. The molecule has 3 aromatic rings. The van der Waals surface area contributed by atoms with E-state index in [2.05, 4.69) is 15.5 Å². The first-order valence-electron chi connectivity index (χ1n) is 8.71. The molecule has 26 heavy (non-hydrogen) atoms. The number of fused-ring (bicyclic) bond motifs is 1. The maximum Gasteiger partial charge on any atom is 0.416 e. The van der Waals surface area contributed by atoms with Crippen LogP contribution in [0, 0.1) is 0 Å². The Kier molecular flexibility index (Phi) is 4.23. The number of hydrogen-bond acceptors (Lipinski definition) is 2. The normalized spacial score (nSPS) is 18.7. The molecule has 0 spiro atoms. The van der Waals surface area contributed by atoms with E-state index < -0.39 is 11.7 Å². The highest BCUT2D eigenvalue weighted by Gasteiger charge is 2.30. The van der Waals surface area contributed by atoms with Crippen molar-refractivity contribution in [1.82, 2.24) is 14.5 Å². The highest BCUT2D eigenvalue weighted by atomic mass is 19.4. The minimum atomic E-state index is -4.28. The van der Waals surface area contributed by atoms with Crippen LogP contribution in [0.15, 0.2) is 48.5 Å². The molecule has 1 unspecified atom stereocenters. The Labute approximate surface area is 150 Å². The van der Waals surface area contributed by atoms with Gasteiger partial charge in [-0.25, -0.2) is 4.98 Å². The SMILES string of the molecule is Cn1c(C2CCN(Cc3ccc(C(F)(F)F)cc3)C2)nc2ccccc21. The molecule has 4 rings (SSSR count). The molecule has 3 nitrogen and oxygen atoms in total. The van der Waals surface area contributed by atoms with Crippen molar-refractivity contribution < 1.29 is 13.2 Å². The maximum atomic E-state index is 12.7. The molecule has 0 saturated carbocycles. The van der Waals surface area contributed by atoms with Gasteiger partial charge in [0.1, 0.15) is 5.82 Å². The molecule has 1 fully saturated rings. The molecular formula is C20H20F3N3. The second-order valence-electron chi connectivity index (χ2n) is 6.93. The maximum absolute atomic E-state index is 12.7. The van der Waals surface area contributed by atoms with Crippen LogP contribution < -0.4 is 0 Å². The van der Waals surface area contributed by atoms with Crippen LogP contribution in [0.25, 0.3) is 11.0 Å². The Hall–Kier alpha value is -2.34. The zero-order valence-electron chi connectivity index (χ0n) is 14.5. The predicted octanol–water partition coefficient (Wildman–Crippen LogP) is 4.58. The van der Waals surface area contributed by atoms with Gasteiger partial charge in [0.15, 0.2) is 0 Å². The highest BCUT2D eigenvalue weighted by molar-refractivity contribution is 5.75. The number of para-hydroxylation sites is 2. The van der Waals surface area contributed by atoms with Gasteiger partial charge in [-0.15, -0.1) is 0 Å². The van der Waals surface area contributed by atoms with Crippen molar-refractivity contribution >= 4 is 11.0 Å². The molecular weight excluding hydrogens is 339 g/mol. The van der Waals surface area contributed by atoms with Crippen molar-refractivity contribution in [3.63, 3.8) is 0 Å². The van der Waals surface area contributed by atoms with Crippen molar-refractivity contribution in [3.8, 4) is 0 Å². The Bertz CT molecular complexity index is 912. The number of halogens is 3. The summed E-state index contributed by atoms with van der Waals surface area (Å²) in [7, 11) is 2.04. The van der Waals surface area contributed by atoms with Crippen molar-refractivity contribution in [2.45, 2.75) is 25.1 Å². The van der Waals surface area contributed by atoms with Crippen LogP contribution in [0.4, 0.5) is 13.2 Å². The van der Waals surface area contributed by atoms with E-state index in [0.717, 1.165) is 54.1 Å². The Morgan fingerprint density at radius 1 is 1.08 bits per heavy atom. The van der Waals surface area contributed by atoms with E-state index >= 15 is 0 Å². The Morgan fingerprint density at radius 3 is 2.50 bits per heavy atom. The summed E-state index contributed by atoms with van der Waals surface area (Å²) in [5.41, 5.74) is 2.44. The summed E-state index contributed by atoms with van der Waals surface area (Å²) >= 11 is 0. The number of hydrogen-bond donors (Lipinski definition) is 0. The molecule has 1 aromatic heterocycles. The Balaban J connectivity index is 1.46. The fourth-order valence-electron chi connectivity index (χ4n) is 3.77. The van der Waals surface area contributed by atoms with Crippen molar-refractivity contribution in [3.05, 3.63) is 65.5 Å².